The van der Waals surface area contributed by atoms with Gasteiger partial charge in [-0.3, -0.25) is 9.89 Å². The quantitative estimate of drug-likeness (QED) is 0.569. The van der Waals surface area contributed by atoms with Crippen LogP contribution in [0.15, 0.2) is 23.2 Å². The van der Waals surface area contributed by atoms with Crippen molar-refractivity contribution in [2.75, 3.05) is 59.2 Å². The van der Waals surface area contributed by atoms with E-state index in [0.29, 0.717) is 6.79 Å². The Morgan fingerprint density at radius 2 is 1.90 bits per heavy atom. The lowest BCUT2D eigenvalue weighted by Crippen LogP contribution is -2.52. The van der Waals surface area contributed by atoms with Crippen LogP contribution in [-0.2, 0) is 6.54 Å². The van der Waals surface area contributed by atoms with Crippen molar-refractivity contribution in [1.29, 1.82) is 0 Å². The van der Waals surface area contributed by atoms with Crippen molar-refractivity contribution in [1.82, 2.24) is 20.0 Å². The first-order chi connectivity index (χ1) is 14.8. The highest BCUT2D eigenvalue weighted by atomic mass is 16.7. The molecule has 164 valence electrons. The Labute approximate surface area is 180 Å². The van der Waals surface area contributed by atoms with Crippen molar-refractivity contribution >= 4 is 5.96 Å². The first-order valence-electron chi connectivity index (χ1n) is 11.7. The van der Waals surface area contributed by atoms with Crippen LogP contribution in [-0.4, -0.2) is 85.9 Å². The van der Waals surface area contributed by atoms with E-state index in [-0.39, 0.29) is 0 Å². The summed E-state index contributed by atoms with van der Waals surface area (Å²) in [5, 5.41) is 3.53. The van der Waals surface area contributed by atoms with E-state index in [1.807, 2.05) is 6.07 Å². The predicted octanol–water partition coefficient (Wildman–Crippen LogP) is 1.98. The summed E-state index contributed by atoms with van der Waals surface area (Å²) in [5.74, 6) is 3.56. The molecule has 5 rings (SSSR count). The molecule has 7 nitrogen and oxygen atoms in total. The van der Waals surface area contributed by atoms with Gasteiger partial charge >= 0.3 is 0 Å². The molecule has 4 aliphatic rings. The number of benzene rings is 1. The van der Waals surface area contributed by atoms with Gasteiger partial charge < -0.3 is 24.6 Å². The van der Waals surface area contributed by atoms with Gasteiger partial charge in [-0.1, -0.05) is 6.07 Å². The molecule has 0 amide bonds. The molecule has 30 heavy (non-hydrogen) atoms. The molecule has 1 atom stereocenters. The van der Waals surface area contributed by atoms with E-state index in [1.165, 1.54) is 37.9 Å². The highest BCUT2D eigenvalue weighted by Gasteiger charge is 2.34. The standard InChI is InChI=1S/C23H35N5O2/c1-2-24-23(25-14-19-7-8-28(16-19)20-4-5-20)27-11-9-26(10-12-27)15-18-3-6-21-22(13-18)30-17-29-21/h3,6,13,19-20H,2,4-5,7-12,14-17H2,1H3,(H,24,25). The number of piperazine rings is 1. The molecule has 1 saturated carbocycles. The monoisotopic (exact) mass is 413 g/mol. The Bertz CT molecular complexity index is 758. The molecular weight excluding hydrogens is 378 g/mol. The lowest BCUT2D eigenvalue weighted by atomic mass is 10.1. The topological polar surface area (TPSA) is 52.6 Å². The summed E-state index contributed by atoms with van der Waals surface area (Å²) in [7, 11) is 0. The predicted molar refractivity (Wildman–Crippen MR) is 118 cm³/mol. The Hall–Kier alpha value is -1.99. The third-order valence-electron chi connectivity index (χ3n) is 6.73. The average molecular weight is 414 g/mol. The van der Waals surface area contributed by atoms with Crippen LogP contribution in [0.4, 0.5) is 0 Å². The minimum Gasteiger partial charge on any atom is -0.454 e. The maximum atomic E-state index is 5.52. The first-order valence-corrected chi connectivity index (χ1v) is 11.7. The molecule has 1 unspecified atom stereocenters. The number of hydrogen-bond acceptors (Lipinski definition) is 5. The van der Waals surface area contributed by atoms with Crippen LogP contribution in [0.5, 0.6) is 11.5 Å². The van der Waals surface area contributed by atoms with Gasteiger partial charge in [-0.25, -0.2) is 0 Å². The lowest BCUT2D eigenvalue weighted by Gasteiger charge is -2.36. The molecule has 1 aromatic carbocycles. The van der Waals surface area contributed by atoms with Gasteiger partial charge in [0.15, 0.2) is 17.5 Å². The maximum Gasteiger partial charge on any atom is 0.231 e. The van der Waals surface area contributed by atoms with Crippen molar-refractivity contribution in [3.05, 3.63) is 23.8 Å². The molecule has 0 aromatic heterocycles. The highest BCUT2D eigenvalue weighted by Crippen LogP contribution is 2.33. The van der Waals surface area contributed by atoms with E-state index >= 15 is 0 Å². The summed E-state index contributed by atoms with van der Waals surface area (Å²) in [4.78, 5) is 12.7. The second-order valence-electron chi connectivity index (χ2n) is 9.03. The van der Waals surface area contributed by atoms with Gasteiger partial charge in [-0.2, -0.15) is 0 Å². The van der Waals surface area contributed by atoms with E-state index < -0.39 is 0 Å². The van der Waals surface area contributed by atoms with Crippen LogP contribution < -0.4 is 14.8 Å². The zero-order valence-electron chi connectivity index (χ0n) is 18.2. The molecule has 2 saturated heterocycles. The molecular formula is C23H35N5O2. The van der Waals surface area contributed by atoms with Crippen molar-refractivity contribution in [3.8, 4) is 11.5 Å². The van der Waals surface area contributed by atoms with E-state index in [0.717, 1.165) is 75.2 Å². The van der Waals surface area contributed by atoms with Gasteiger partial charge in [0.05, 0.1) is 0 Å². The summed E-state index contributed by atoms with van der Waals surface area (Å²) in [6.45, 7) is 12.0. The fourth-order valence-electron chi connectivity index (χ4n) is 4.84. The summed E-state index contributed by atoms with van der Waals surface area (Å²) in [6, 6.07) is 7.19. The van der Waals surface area contributed by atoms with E-state index in [4.69, 9.17) is 14.5 Å². The van der Waals surface area contributed by atoms with Crippen LogP contribution in [0.2, 0.25) is 0 Å². The largest absolute Gasteiger partial charge is 0.454 e. The number of fused-ring (bicyclic) bond motifs is 1. The Morgan fingerprint density at radius 1 is 1.07 bits per heavy atom. The number of ether oxygens (including phenoxy) is 2. The fourth-order valence-corrected chi connectivity index (χ4v) is 4.84. The summed E-state index contributed by atoms with van der Waals surface area (Å²) in [5.41, 5.74) is 1.29. The minimum atomic E-state index is 0.337. The third-order valence-corrected chi connectivity index (χ3v) is 6.73. The minimum absolute atomic E-state index is 0.337. The smallest absolute Gasteiger partial charge is 0.231 e. The first kappa shape index (κ1) is 19.9. The molecule has 3 heterocycles. The number of rotatable bonds is 6. The van der Waals surface area contributed by atoms with Crippen LogP contribution in [0.1, 0.15) is 31.7 Å². The Morgan fingerprint density at radius 3 is 2.70 bits per heavy atom. The zero-order chi connectivity index (χ0) is 20.3. The van der Waals surface area contributed by atoms with Crippen molar-refractivity contribution in [3.63, 3.8) is 0 Å². The molecule has 7 heteroatoms. The molecule has 3 fully saturated rings. The van der Waals surface area contributed by atoms with E-state index in [2.05, 4.69) is 39.1 Å². The van der Waals surface area contributed by atoms with Crippen LogP contribution in [0.3, 0.4) is 0 Å². The zero-order valence-corrected chi connectivity index (χ0v) is 18.2. The van der Waals surface area contributed by atoms with Crippen LogP contribution in [0, 0.1) is 5.92 Å². The molecule has 1 aliphatic carbocycles. The van der Waals surface area contributed by atoms with Gasteiger partial charge in [0.1, 0.15) is 0 Å². The molecule has 0 radical (unpaired) electrons. The number of aliphatic imine (C=N–C) groups is 1. The molecule has 0 bridgehead atoms. The van der Waals surface area contributed by atoms with Gasteiger partial charge in [-0.15, -0.1) is 0 Å². The van der Waals surface area contributed by atoms with Gasteiger partial charge in [0.2, 0.25) is 6.79 Å². The van der Waals surface area contributed by atoms with Crippen LogP contribution >= 0.6 is 0 Å². The number of likely N-dealkylation sites (tertiary alicyclic amines) is 1. The maximum absolute atomic E-state index is 5.52. The summed E-state index contributed by atoms with van der Waals surface area (Å²) < 4.78 is 10.9. The van der Waals surface area contributed by atoms with Crippen molar-refractivity contribution in [2.24, 2.45) is 10.9 Å². The summed E-state index contributed by atoms with van der Waals surface area (Å²) >= 11 is 0. The highest BCUT2D eigenvalue weighted by molar-refractivity contribution is 5.80. The number of hydrogen-bond donors (Lipinski definition) is 1. The van der Waals surface area contributed by atoms with E-state index in [1.54, 1.807) is 0 Å². The fraction of sp³-hybridized carbons (Fsp3) is 0.696. The second-order valence-corrected chi connectivity index (χ2v) is 9.03. The number of guanidine groups is 1. The SMILES string of the molecule is CCNC(=NCC1CCN(C2CC2)C1)N1CCN(Cc2ccc3c(c2)OCO3)CC1. The normalized spacial score (nSPS) is 25.2. The van der Waals surface area contributed by atoms with E-state index in [9.17, 15) is 0 Å². The molecule has 3 aliphatic heterocycles. The van der Waals surface area contributed by atoms with Gasteiger partial charge in [-0.05, 0) is 56.3 Å². The molecule has 0 spiro atoms. The third kappa shape index (κ3) is 4.67. The average Bonchev–Trinajstić information content (AvgIpc) is 3.32. The lowest BCUT2D eigenvalue weighted by molar-refractivity contribution is 0.171. The Kier molecular flexibility index (Phi) is 6.00. The molecule has 1 N–H and O–H groups in total. The van der Waals surface area contributed by atoms with Crippen LogP contribution in [0.25, 0.3) is 0 Å². The summed E-state index contributed by atoms with van der Waals surface area (Å²) in [6.07, 6.45) is 4.13. The number of nitrogens with zero attached hydrogens (tertiary/aromatic N) is 4. The molecule has 1 aromatic rings. The van der Waals surface area contributed by atoms with Crippen molar-refractivity contribution in [2.45, 2.75) is 38.8 Å². The van der Waals surface area contributed by atoms with Gasteiger partial charge in [0, 0.05) is 58.4 Å². The Balaban J connectivity index is 1.12. The number of nitrogens with one attached hydrogen (secondary N) is 1. The van der Waals surface area contributed by atoms with Crippen molar-refractivity contribution < 1.29 is 9.47 Å². The second kappa shape index (κ2) is 9.02. The van der Waals surface area contributed by atoms with Gasteiger partial charge in [0.25, 0.3) is 0 Å².